The van der Waals surface area contributed by atoms with E-state index in [1.807, 2.05) is 13.8 Å². The van der Waals surface area contributed by atoms with Gasteiger partial charge in [-0.1, -0.05) is 0 Å². The van der Waals surface area contributed by atoms with Crippen LogP contribution >= 0.6 is 15.9 Å². The third kappa shape index (κ3) is 6.72. The van der Waals surface area contributed by atoms with Crippen molar-refractivity contribution in [3.8, 4) is 5.82 Å². The second kappa shape index (κ2) is 9.29. The molecule has 0 fully saturated rings. The average molecular weight is 453 g/mol. The Balaban J connectivity index is 1.98. The van der Waals surface area contributed by atoms with Gasteiger partial charge in [-0.05, 0) is 74.3 Å². The highest BCUT2D eigenvalue weighted by atomic mass is 79.9. The highest BCUT2D eigenvalue weighted by molar-refractivity contribution is 9.10. The van der Waals surface area contributed by atoms with Gasteiger partial charge in [0.25, 0.3) is 5.56 Å². The number of aryl methyl sites for hydroxylation is 1. The first-order chi connectivity index (χ1) is 13.0. The number of carbonyl (C=O) groups is 1. The summed E-state index contributed by atoms with van der Waals surface area (Å²) < 4.78 is 12.7. The van der Waals surface area contributed by atoms with Crippen molar-refractivity contribution in [2.75, 3.05) is 6.61 Å². The van der Waals surface area contributed by atoms with Crippen LogP contribution in [0.4, 0.5) is 4.79 Å². The SMILES string of the molecule is Cc1ccc(-n2cc(COC[C@@H](C)NC(=O)OC(C)(C)C)cc(Br)c2=O)nn1. The van der Waals surface area contributed by atoms with Crippen molar-refractivity contribution in [2.24, 2.45) is 0 Å². The molecule has 0 aromatic carbocycles. The summed E-state index contributed by atoms with van der Waals surface area (Å²) in [5.74, 6) is 0.429. The van der Waals surface area contributed by atoms with Gasteiger partial charge in [0, 0.05) is 6.20 Å². The summed E-state index contributed by atoms with van der Waals surface area (Å²) in [6.45, 7) is 9.62. The lowest BCUT2D eigenvalue weighted by Crippen LogP contribution is -2.39. The number of nitrogens with one attached hydrogen (secondary N) is 1. The quantitative estimate of drug-likeness (QED) is 0.722. The maximum absolute atomic E-state index is 12.4. The van der Waals surface area contributed by atoms with Gasteiger partial charge in [0.05, 0.1) is 29.4 Å². The predicted octanol–water partition coefficient (Wildman–Crippen LogP) is 3.13. The van der Waals surface area contributed by atoms with Gasteiger partial charge in [0.15, 0.2) is 5.82 Å². The van der Waals surface area contributed by atoms with Gasteiger partial charge in [-0.3, -0.25) is 9.36 Å². The fourth-order valence-electron chi connectivity index (χ4n) is 2.27. The van der Waals surface area contributed by atoms with E-state index in [4.69, 9.17) is 9.47 Å². The third-order valence-electron chi connectivity index (χ3n) is 3.46. The Labute approximate surface area is 172 Å². The molecule has 0 radical (unpaired) electrons. The summed E-state index contributed by atoms with van der Waals surface area (Å²) in [7, 11) is 0. The number of amides is 1. The second-order valence-corrected chi connectivity index (χ2v) is 8.32. The molecule has 0 bridgehead atoms. The zero-order chi connectivity index (χ0) is 20.9. The first-order valence-corrected chi connectivity index (χ1v) is 9.63. The van der Waals surface area contributed by atoms with Crippen molar-refractivity contribution < 1.29 is 14.3 Å². The van der Waals surface area contributed by atoms with Gasteiger partial charge in [-0.25, -0.2) is 4.79 Å². The highest BCUT2D eigenvalue weighted by Gasteiger charge is 2.17. The minimum Gasteiger partial charge on any atom is -0.444 e. The fourth-order valence-corrected chi connectivity index (χ4v) is 2.76. The molecule has 2 aromatic rings. The van der Waals surface area contributed by atoms with E-state index >= 15 is 0 Å². The van der Waals surface area contributed by atoms with Gasteiger partial charge in [-0.15, -0.1) is 5.10 Å². The molecule has 2 rings (SSSR count). The van der Waals surface area contributed by atoms with Crippen LogP contribution in [0.5, 0.6) is 0 Å². The van der Waals surface area contributed by atoms with Crippen molar-refractivity contribution in [3.05, 3.63) is 50.5 Å². The lowest BCUT2D eigenvalue weighted by Gasteiger charge is -2.22. The maximum atomic E-state index is 12.4. The Morgan fingerprint density at radius 1 is 1.32 bits per heavy atom. The topological polar surface area (TPSA) is 95.3 Å². The molecule has 9 heteroatoms. The molecular formula is C19H25BrN4O4. The molecule has 0 saturated carbocycles. The maximum Gasteiger partial charge on any atom is 0.407 e. The first-order valence-electron chi connectivity index (χ1n) is 8.84. The number of hydrogen-bond acceptors (Lipinski definition) is 6. The van der Waals surface area contributed by atoms with E-state index in [1.165, 1.54) is 4.57 Å². The van der Waals surface area contributed by atoms with E-state index in [9.17, 15) is 9.59 Å². The number of hydrogen-bond donors (Lipinski definition) is 1. The van der Waals surface area contributed by atoms with Crippen molar-refractivity contribution in [2.45, 2.75) is 52.9 Å². The smallest absolute Gasteiger partial charge is 0.407 e. The molecule has 28 heavy (non-hydrogen) atoms. The summed E-state index contributed by atoms with van der Waals surface area (Å²) in [4.78, 5) is 24.1. The number of halogens is 1. The molecule has 2 heterocycles. The fraction of sp³-hybridized carbons (Fsp3) is 0.474. The lowest BCUT2D eigenvalue weighted by atomic mass is 10.2. The molecule has 0 unspecified atom stereocenters. The Bertz CT molecular complexity index is 875. The van der Waals surface area contributed by atoms with Crippen LogP contribution in [0.25, 0.3) is 5.82 Å². The van der Waals surface area contributed by atoms with E-state index in [1.54, 1.807) is 45.2 Å². The summed E-state index contributed by atoms with van der Waals surface area (Å²) in [5, 5.41) is 10.8. The van der Waals surface area contributed by atoms with Crippen molar-refractivity contribution in [1.82, 2.24) is 20.1 Å². The molecule has 0 aliphatic carbocycles. The van der Waals surface area contributed by atoms with E-state index in [0.29, 0.717) is 16.9 Å². The number of pyridine rings is 1. The van der Waals surface area contributed by atoms with E-state index < -0.39 is 11.7 Å². The molecule has 0 aliphatic rings. The normalized spacial score (nSPS) is 12.5. The summed E-state index contributed by atoms with van der Waals surface area (Å²) in [6.07, 6.45) is 1.18. The molecular weight excluding hydrogens is 428 g/mol. The molecule has 2 aromatic heterocycles. The molecule has 0 aliphatic heterocycles. The standard InChI is InChI=1S/C19H25BrN4O4/c1-12-6-7-16(23-22-12)24-9-14(8-15(20)17(24)25)11-27-10-13(2)21-18(26)28-19(3,4)5/h6-9,13H,10-11H2,1-5H3,(H,21,26)/t13-/m1/s1. The average Bonchev–Trinajstić information content (AvgIpc) is 2.57. The lowest BCUT2D eigenvalue weighted by molar-refractivity contribution is 0.0442. The Morgan fingerprint density at radius 3 is 2.64 bits per heavy atom. The molecule has 1 atom stereocenters. The molecule has 8 nitrogen and oxygen atoms in total. The van der Waals surface area contributed by atoms with Gasteiger partial charge >= 0.3 is 6.09 Å². The van der Waals surface area contributed by atoms with E-state index in [2.05, 4.69) is 31.4 Å². The van der Waals surface area contributed by atoms with Gasteiger partial charge < -0.3 is 14.8 Å². The minimum absolute atomic E-state index is 0.229. The monoisotopic (exact) mass is 452 g/mol. The molecule has 0 spiro atoms. The Kier molecular flexibility index (Phi) is 7.31. The van der Waals surface area contributed by atoms with E-state index in [-0.39, 0.29) is 18.2 Å². The number of ether oxygens (including phenoxy) is 2. The van der Waals surface area contributed by atoms with Crippen LogP contribution < -0.4 is 10.9 Å². The number of rotatable bonds is 6. The predicted molar refractivity (Wildman–Crippen MR) is 109 cm³/mol. The van der Waals surface area contributed by atoms with Crippen LogP contribution in [0.1, 0.15) is 39.0 Å². The molecule has 0 saturated heterocycles. The van der Waals surface area contributed by atoms with Crippen molar-refractivity contribution in [1.29, 1.82) is 0 Å². The van der Waals surface area contributed by atoms with Gasteiger partial charge in [0.1, 0.15) is 5.60 Å². The zero-order valence-corrected chi connectivity index (χ0v) is 18.2. The number of nitrogens with zero attached hydrogens (tertiary/aromatic N) is 3. The first kappa shape index (κ1) is 22.0. The number of aromatic nitrogens is 3. The van der Waals surface area contributed by atoms with Crippen LogP contribution in [0.15, 0.2) is 33.7 Å². The third-order valence-corrected chi connectivity index (χ3v) is 4.03. The van der Waals surface area contributed by atoms with Gasteiger partial charge in [0.2, 0.25) is 0 Å². The molecule has 152 valence electrons. The Morgan fingerprint density at radius 2 is 2.04 bits per heavy atom. The second-order valence-electron chi connectivity index (χ2n) is 7.47. The minimum atomic E-state index is -0.552. The van der Waals surface area contributed by atoms with Crippen LogP contribution in [0.2, 0.25) is 0 Å². The van der Waals surface area contributed by atoms with Crippen LogP contribution in [-0.4, -0.2) is 39.1 Å². The molecule has 1 N–H and O–H groups in total. The zero-order valence-electron chi connectivity index (χ0n) is 16.7. The van der Waals surface area contributed by atoms with Crippen molar-refractivity contribution in [3.63, 3.8) is 0 Å². The van der Waals surface area contributed by atoms with Crippen LogP contribution in [0.3, 0.4) is 0 Å². The van der Waals surface area contributed by atoms with Crippen LogP contribution in [-0.2, 0) is 16.1 Å². The number of carbonyl (C=O) groups excluding carboxylic acids is 1. The Hall–Kier alpha value is -2.26. The largest absolute Gasteiger partial charge is 0.444 e. The highest BCUT2D eigenvalue weighted by Crippen LogP contribution is 2.12. The van der Waals surface area contributed by atoms with Gasteiger partial charge in [-0.2, -0.15) is 5.10 Å². The summed E-state index contributed by atoms with van der Waals surface area (Å²) in [6, 6.07) is 4.99. The summed E-state index contributed by atoms with van der Waals surface area (Å²) in [5.41, 5.74) is 0.755. The van der Waals surface area contributed by atoms with Crippen molar-refractivity contribution >= 4 is 22.0 Å². The van der Waals surface area contributed by atoms with Crippen LogP contribution in [0, 0.1) is 6.92 Å². The van der Waals surface area contributed by atoms with E-state index in [0.717, 1.165) is 11.3 Å². The number of alkyl carbamates (subject to hydrolysis) is 1. The molecule has 1 amide bonds. The summed E-state index contributed by atoms with van der Waals surface area (Å²) >= 11 is 3.28.